The molecule has 0 aliphatic heterocycles. The zero-order valence-electron chi connectivity index (χ0n) is 11.6. The van der Waals surface area contributed by atoms with Gasteiger partial charge in [0.1, 0.15) is 0 Å². The molecule has 0 bridgehead atoms. The van der Waals surface area contributed by atoms with Gasteiger partial charge in [-0.05, 0) is 50.9 Å². The molecule has 0 aliphatic carbocycles. The van der Waals surface area contributed by atoms with Crippen molar-refractivity contribution in [3.63, 3.8) is 0 Å². The third kappa shape index (κ3) is 6.05. The predicted octanol–water partition coefficient (Wildman–Crippen LogP) is 4.08. The third-order valence-electron chi connectivity index (χ3n) is 2.91. The Morgan fingerprint density at radius 2 is 1.79 bits per heavy atom. The van der Waals surface area contributed by atoms with Gasteiger partial charge in [0.25, 0.3) is 0 Å². The fourth-order valence-electron chi connectivity index (χ4n) is 2.21. The van der Waals surface area contributed by atoms with Crippen molar-refractivity contribution in [2.45, 2.75) is 52.3 Å². The quantitative estimate of drug-likeness (QED) is 0.845. The van der Waals surface area contributed by atoms with Gasteiger partial charge < -0.3 is 5.32 Å². The number of hydrogen-bond donors (Lipinski definition) is 1. The first-order valence-electron chi connectivity index (χ1n) is 6.57. The van der Waals surface area contributed by atoms with Crippen molar-refractivity contribution in [3.05, 3.63) is 29.1 Å². The Morgan fingerprint density at radius 1 is 1.21 bits per heavy atom. The topological polar surface area (TPSA) is 24.9 Å². The van der Waals surface area contributed by atoms with E-state index < -0.39 is 12.6 Å². The van der Waals surface area contributed by atoms with Gasteiger partial charge in [-0.15, -0.1) is 0 Å². The number of nitrogens with zero attached hydrogens (tertiary/aromatic N) is 1. The molecule has 0 saturated heterocycles. The van der Waals surface area contributed by atoms with E-state index in [0.29, 0.717) is 6.42 Å². The normalized spacial score (nSPS) is 13.6. The molecular weight excluding hydrogens is 253 g/mol. The molecule has 1 heterocycles. The lowest BCUT2D eigenvalue weighted by Crippen LogP contribution is -2.22. The Labute approximate surface area is 112 Å². The van der Waals surface area contributed by atoms with Gasteiger partial charge in [-0.3, -0.25) is 4.98 Å². The maximum Gasteiger partial charge on any atom is 0.389 e. The summed E-state index contributed by atoms with van der Waals surface area (Å²) in [6.45, 7) is 6.49. The fraction of sp³-hybridized carbons (Fsp3) is 0.643. The maximum atomic E-state index is 12.2. The summed E-state index contributed by atoms with van der Waals surface area (Å²) < 4.78 is 36.6. The van der Waals surface area contributed by atoms with E-state index in [2.05, 4.69) is 10.3 Å². The van der Waals surface area contributed by atoms with Crippen molar-refractivity contribution in [3.8, 4) is 0 Å². The van der Waals surface area contributed by atoms with E-state index in [4.69, 9.17) is 0 Å². The first kappa shape index (κ1) is 16.0. The molecule has 1 aromatic heterocycles. The number of nitrogens with one attached hydrogen (secondary N) is 1. The van der Waals surface area contributed by atoms with Crippen molar-refractivity contribution in [1.82, 2.24) is 10.3 Å². The van der Waals surface area contributed by atoms with Crippen LogP contribution in [-0.4, -0.2) is 17.7 Å². The first-order valence-corrected chi connectivity index (χ1v) is 6.57. The Morgan fingerprint density at radius 3 is 2.26 bits per heavy atom. The van der Waals surface area contributed by atoms with E-state index in [0.717, 1.165) is 23.5 Å². The molecule has 0 aromatic carbocycles. The highest BCUT2D eigenvalue weighted by atomic mass is 19.4. The van der Waals surface area contributed by atoms with Crippen molar-refractivity contribution >= 4 is 0 Å². The molecule has 0 amide bonds. The molecule has 1 unspecified atom stereocenters. The fourth-order valence-corrected chi connectivity index (χ4v) is 2.21. The van der Waals surface area contributed by atoms with Crippen molar-refractivity contribution in [2.75, 3.05) is 6.54 Å². The van der Waals surface area contributed by atoms with Crippen molar-refractivity contribution in [2.24, 2.45) is 0 Å². The van der Waals surface area contributed by atoms with Gasteiger partial charge in [-0.2, -0.15) is 13.2 Å². The first-order chi connectivity index (χ1) is 8.81. The molecule has 1 rings (SSSR count). The van der Waals surface area contributed by atoms with E-state index in [9.17, 15) is 13.2 Å². The zero-order chi connectivity index (χ0) is 14.5. The highest BCUT2D eigenvalue weighted by molar-refractivity contribution is 5.23. The predicted molar refractivity (Wildman–Crippen MR) is 70.0 cm³/mol. The second-order valence-electron chi connectivity index (χ2n) is 4.80. The third-order valence-corrected chi connectivity index (χ3v) is 2.91. The van der Waals surface area contributed by atoms with Gasteiger partial charge in [0.15, 0.2) is 0 Å². The number of pyridine rings is 1. The van der Waals surface area contributed by atoms with Gasteiger partial charge in [-0.1, -0.05) is 6.92 Å². The van der Waals surface area contributed by atoms with E-state index in [1.165, 1.54) is 0 Å². The van der Waals surface area contributed by atoms with Crippen LogP contribution in [0.25, 0.3) is 0 Å². The summed E-state index contributed by atoms with van der Waals surface area (Å²) >= 11 is 0. The molecule has 108 valence electrons. The molecular formula is C14H21F3N2. The number of aryl methyl sites for hydroxylation is 2. The van der Waals surface area contributed by atoms with E-state index in [1.54, 1.807) is 0 Å². The molecule has 19 heavy (non-hydrogen) atoms. The minimum absolute atomic E-state index is 0.0345. The smallest absolute Gasteiger partial charge is 0.310 e. The van der Waals surface area contributed by atoms with E-state index in [-0.39, 0.29) is 12.5 Å². The molecule has 0 fully saturated rings. The Kier molecular flexibility index (Phi) is 5.79. The average molecular weight is 274 g/mol. The minimum atomic E-state index is -4.07. The summed E-state index contributed by atoms with van der Waals surface area (Å²) in [7, 11) is 0. The number of alkyl halides is 3. The monoisotopic (exact) mass is 274 g/mol. The van der Waals surface area contributed by atoms with Crippen LogP contribution < -0.4 is 5.32 Å². The number of aromatic nitrogens is 1. The molecule has 5 heteroatoms. The van der Waals surface area contributed by atoms with Gasteiger partial charge in [0, 0.05) is 23.9 Å². The van der Waals surface area contributed by atoms with Crippen LogP contribution >= 0.6 is 0 Å². The number of hydrogen-bond acceptors (Lipinski definition) is 2. The van der Waals surface area contributed by atoms with Gasteiger partial charge in [0.05, 0.1) is 0 Å². The molecule has 1 atom stereocenters. The van der Waals surface area contributed by atoms with E-state index in [1.807, 2.05) is 32.9 Å². The van der Waals surface area contributed by atoms with Gasteiger partial charge in [0.2, 0.25) is 0 Å². The summed E-state index contributed by atoms with van der Waals surface area (Å²) in [5.74, 6) is 0. The van der Waals surface area contributed by atoms with Crippen LogP contribution in [-0.2, 0) is 0 Å². The molecule has 2 nitrogen and oxygen atoms in total. The highest BCUT2D eigenvalue weighted by Crippen LogP contribution is 2.26. The van der Waals surface area contributed by atoms with Crippen LogP contribution in [0.2, 0.25) is 0 Å². The average Bonchev–Trinajstić information content (AvgIpc) is 2.25. The Hall–Kier alpha value is -1.10. The zero-order valence-corrected chi connectivity index (χ0v) is 11.6. The van der Waals surface area contributed by atoms with Crippen LogP contribution in [0.1, 0.15) is 49.2 Å². The minimum Gasteiger partial charge on any atom is -0.310 e. The molecule has 0 aliphatic rings. The van der Waals surface area contributed by atoms with Crippen LogP contribution in [0.15, 0.2) is 12.1 Å². The molecule has 0 spiro atoms. The number of halogens is 3. The maximum absolute atomic E-state index is 12.2. The summed E-state index contributed by atoms with van der Waals surface area (Å²) in [5.41, 5.74) is 2.82. The largest absolute Gasteiger partial charge is 0.389 e. The lowest BCUT2D eigenvalue weighted by atomic mass is 10.00. The Bertz CT molecular complexity index is 382. The van der Waals surface area contributed by atoms with Crippen LogP contribution in [0.3, 0.4) is 0 Å². The molecule has 0 saturated carbocycles. The summed E-state index contributed by atoms with van der Waals surface area (Å²) in [5, 5.41) is 3.24. The lowest BCUT2D eigenvalue weighted by Gasteiger charge is -2.19. The van der Waals surface area contributed by atoms with Crippen molar-refractivity contribution in [1.29, 1.82) is 0 Å². The highest BCUT2D eigenvalue weighted by Gasteiger charge is 2.26. The van der Waals surface area contributed by atoms with Gasteiger partial charge >= 0.3 is 6.18 Å². The summed E-state index contributed by atoms with van der Waals surface area (Å²) in [6.07, 6.45) is -4.17. The second-order valence-corrected chi connectivity index (χ2v) is 4.80. The SMILES string of the molecule is CCNC(CCCC(F)(F)F)c1cc(C)nc(C)c1. The second kappa shape index (κ2) is 6.89. The summed E-state index contributed by atoms with van der Waals surface area (Å²) in [6, 6.07) is 3.84. The summed E-state index contributed by atoms with van der Waals surface area (Å²) in [4.78, 5) is 4.29. The van der Waals surface area contributed by atoms with Crippen LogP contribution in [0.4, 0.5) is 13.2 Å². The molecule has 1 aromatic rings. The molecule has 1 N–H and O–H groups in total. The van der Waals surface area contributed by atoms with Crippen LogP contribution in [0.5, 0.6) is 0 Å². The van der Waals surface area contributed by atoms with E-state index >= 15 is 0 Å². The lowest BCUT2D eigenvalue weighted by molar-refractivity contribution is -0.135. The molecule has 0 radical (unpaired) electrons. The Balaban J connectivity index is 2.71. The number of rotatable bonds is 6. The van der Waals surface area contributed by atoms with Gasteiger partial charge in [-0.25, -0.2) is 0 Å². The van der Waals surface area contributed by atoms with Crippen molar-refractivity contribution < 1.29 is 13.2 Å². The standard InChI is InChI=1S/C14H21F3N2/c1-4-18-13(6-5-7-14(15,16)17)12-8-10(2)19-11(3)9-12/h8-9,13,18H,4-7H2,1-3H3. The van der Waals surface area contributed by atoms with Crippen LogP contribution in [0, 0.1) is 13.8 Å².